The zero-order valence-electron chi connectivity index (χ0n) is 34.0. The van der Waals surface area contributed by atoms with Gasteiger partial charge >= 0.3 is 11.9 Å². The number of carbonyl (C=O) groups is 3. The number of anilines is 1. The fraction of sp³-hybridized carbons (Fsp3) is 0.149. The predicted molar refractivity (Wildman–Crippen MR) is 239 cm³/mol. The maximum atomic E-state index is 12.9. The fourth-order valence-electron chi connectivity index (χ4n) is 6.53. The molecule has 8 rings (SSSR count). The summed E-state index contributed by atoms with van der Waals surface area (Å²) in [5, 5.41) is 6.88. The Bertz CT molecular complexity index is 2900. The molecule has 0 fully saturated rings. The zero-order chi connectivity index (χ0) is 43.6. The first-order chi connectivity index (χ1) is 29.3. The number of nitrogen functional groups attached to an aromatic ring is 1. The largest absolute Gasteiger partial charge is 0.465 e. The minimum atomic E-state index is -0.364. The standard InChI is InChI=1S/C25H24ClN5O.C11H8ClNO2.C11H9NO2/c1-14-6-24(27)31-16(3)22(14)13-29-25(32)19-7-15(2)30-21(11-19)9-17-4-5-23-18(8-17)10-20(26)12-28-23;1-15-11(14)7-2-3-10-8(4-7)5-9(12)6-13-10;1-14-11(13)9-4-5-10-8(7-9)3-2-6-12-10/h4-8,10-12H,9,13H2,1-3H3,(H2,27,31)(H,29,32);2-6H,1H3;2-7H,1H3. The first kappa shape index (κ1) is 43.6. The number of nitrogens with one attached hydrogen (secondary N) is 1. The van der Waals surface area contributed by atoms with Gasteiger partial charge in [0.15, 0.2) is 0 Å². The molecule has 0 aliphatic heterocycles. The van der Waals surface area contributed by atoms with Crippen molar-refractivity contribution in [2.24, 2.45) is 0 Å². The van der Waals surface area contributed by atoms with Crippen LogP contribution in [0.25, 0.3) is 32.7 Å². The van der Waals surface area contributed by atoms with Crippen molar-refractivity contribution in [1.82, 2.24) is 30.2 Å². The highest BCUT2D eigenvalue weighted by atomic mass is 35.5. The number of nitrogens with two attached hydrogens (primary N) is 1. The van der Waals surface area contributed by atoms with Crippen molar-refractivity contribution in [2.75, 3.05) is 20.0 Å². The summed E-state index contributed by atoms with van der Waals surface area (Å²) in [6, 6.07) is 29.3. The second kappa shape index (κ2) is 19.8. The van der Waals surface area contributed by atoms with Gasteiger partial charge in [0.2, 0.25) is 0 Å². The van der Waals surface area contributed by atoms with Crippen molar-refractivity contribution in [2.45, 2.75) is 33.7 Å². The molecule has 14 heteroatoms. The summed E-state index contributed by atoms with van der Waals surface area (Å²) < 4.78 is 9.25. The summed E-state index contributed by atoms with van der Waals surface area (Å²) in [5.74, 6) is -0.356. The Kier molecular flexibility index (Phi) is 14.2. The molecule has 0 radical (unpaired) electrons. The first-order valence-corrected chi connectivity index (χ1v) is 19.6. The van der Waals surface area contributed by atoms with Crippen LogP contribution >= 0.6 is 23.2 Å². The summed E-state index contributed by atoms with van der Waals surface area (Å²) in [6.45, 7) is 6.14. The predicted octanol–water partition coefficient (Wildman–Crippen LogP) is 9.40. The molecule has 61 heavy (non-hydrogen) atoms. The number of hydrogen-bond acceptors (Lipinski definition) is 11. The van der Waals surface area contributed by atoms with Gasteiger partial charge in [-0.05, 0) is 122 Å². The van der Waals surface area contributed by atoms with Gasteiger partial charge in [-0.3, -0.25) is 24.7 Å². The van der Waals surface area contributed by atoms with Crippen LogP contribution in [0.15, 0.2) is 116 Å². The van der Waals surface area contributed by atoms with E-state index in [1.165, 1.54) is 14.2 Å². The second-order valence-electron chi connectivity index (χ2n) is 13.9. The van der Waals surface area contributed by atoms with Crippen LogP contribution in [0, 0.1) is 20.8 Å². The molecule has 308 valence electrons. The number of rotatable bonds is 7. The summed E-state index contributed by atoms with van der Waals surface area (Å²) in [6.07, 6.45) is 5.53. The van der Waals surface area contributed by atoms with Crippen LogP contribution in [-0.2, 0) is 22.4 Å². The molecule has 0 saturated heterocycles. The van der Waals surface area contributed by atoms with E-state index in [2.05, 4.69) is 45.8 Å². The number of ether oxygens (including phenoxy) is 2. The highest BCUT2D eigenvalue weighted by Gasteiger charge is 2.13. The maximum absolute atomic E-state index is 12.9. The van der Waals surface area contributed by atoms with Gasteiger partial charge < -0.3 is 20.5 Å². The monoisotopic (exact) mass is 853 g/mol. The zero-order valence-corrected chi connectivity index (χ0v) is 35.5. The number of nitrogens with zero attached hydrogens (tertiary/aromatic N) is 5. The van der Waals surface area contributed by atoms with E-state index in [0.717, 1.165) is 66.5 Å². The van der Waals surface area contributed by atoms with Crippen molar-refractivity contribution in [3.8, 4) is 0 Å². The Balaban J connectivity index is 0.000000177. The van der Waals surface area contributed by atoms with Crippen molar-refractivity contribution >= 4 is 79.6 Å². The number of carbonyl (C=O) groups excluding carboxylic acids is 3. The summed E-state index contributed by atoms with van der Waals surface area (Å²) in [4.78, 5) is 56.9. The van der Waals surface area contributed by atoms with Crippen molar-refractivity contribution < 1.29 is 23.9 Å². The van der Waals surface area contributed by atoms with Crippen LogP contribution < -0.4 is 11.1 Å². The molecular weight excluding hydrogens is 813 g/mol. The van der Waals surface area contributed by atoms with Gasteiger partial charge in [-0.15, -0.1) is 0 Å². The number of aromatic nitrogens is 5. The van der Waals surface area contributed by atoms with E-state index in [4.69, 9.17) is 28.9 Å². The molecular formula is C47H41Cl2N7O5. The van der Waals surface area contributed by atoms with Crippen LogP contribution in [0.1, 0.15) is 64.8 Å². The summed E-state index contributed by atoms with van der Waals surface area (Å²) >= 11 is 11.9. The number of hydrogen-bond donors (Lipinski definition) is 2. The highest BCUT2D eigenvalue weighted by molar-refractivity contribution is 6.31. The van der Waals surface area contributed by atoms with E-state index in [-0.39, 0.29) is 17.8 Å². The average molecular weight is 855 g/mol. The van der Waals surface area contributed by atoms with Gasteiger partial charge in [0, 0.05) is 70.4 Å². The lowest BCUT2D eigenvalue weighted by atomic mass is 10.0. The van der Waals surface area contributed by atoms with E-state index < -0.39 is 0 Å². The summed E-state index contributed by atoms with van der Waals surface area (Å²) in [7, 11) is 2.72. The first-order valence-electron chi connectivity index (χ1n) is 18.9. The number of pyridine rings is 5. The quantitative estimate of drug-likeness (QED) is 0.146. The van der Waals surface area contributed by atoms with Gasteiger partial charge in [0.1, 0.15) is 5.82 Å². The van der Waals surface area contributed by atoms with Crippen molar-refractivity contribution in [1.29, 1.82) is 0 Å². The molecule has 12 nitrogen and oxygen atoms in total. The lowest BCUT2D eigenvalue weighted by Crippen LogP contribution is -2.24. The molecule has 5 heterocycles. The Labute approximate surface area is 362 Å². The smallest absolute Gasteiger partial charge is 0.337 e. The molecule has 0 atom stereocenters. The lowest BCUT2D eigenvalue weighted by molar-refractivity contribution is 0.0592. The van der Waals surface area contributed by atoms with Gasteiger partial charge in [-0.2, -0.15) is 0 Å². The van der Waals surface area contributed by atoms with Crippen LogP contribution in [0.2, 0.25) is 10.0 Å². The molecule has 0 bridgehead atoms. The average Bonchev–Trinajstić information content (AvgIpc) is 3.25. The van der Waals surface area contributed by atoms with E-state index in [9.17, 15) is 14.4 Å². The van der Waals surface area contributed by atoms with E-state index >= 15 is 0 Å². The number of aryl methyl sites for hydroxylation is 3. The molecule has 0 aliphatic rings. The number of methoxy groups -OCH3 is 2. The third kappa shape index (κ3) is 11.4. The molecule has 5 aromatic heterocycles. The topological polar surface area (TPSA) is 172 Å². The summed E-state index contributed by atoms with van der Waals surface area (Å²) in [5.41, 5.74) is 15.5. The molecule has 0 saturated carbocycles. The normalized spacial score (nSPS) is 10.6. The van der Waals surface area contributed by atoms with Crippen LogP contribution in [-0.4, -0.2) is 57.0 Å². The minimum absolute atomic E-state index is 0.151. The molecule has 0 unspecified atom stereocenters. The number of benzene rings is 3. The fourth-order valence-corrected chi connectivity index (χ4v) is 6.86. The van der Waals surface area contributed by atoms with Crippen LogP contribution in [0.4, 0.5) is 5.82 Å². The molecule has 0 spiro atoms. The Morgan fingerprint density at radius 1 is 0.656 bits per heavy atom. The van der Waals surface area contributed by atoms with E-state index in [1.54, 1.807) is 61.1 Å². The van der Waals surface area contributed by atoms with Crippen molar-refractivity contribution in [3.63, 3.8) is 0 Å². The Hall–Kier alpha value is -7.02. The minimum Gasteiger partial charge on any atom is -0.465 e. The number of esters is 2. The van der Waals surface area contributed by atoms with Gasteiger partial charge in [0.25, 0.3) is 5.91 Å². The lowest BCUT2D eigenvalue weighted by Gasteiger charge is -2.12. The molecule has 8 aromatic rings. The Morgan fingerprint density at radius 2 is 1.25 bits per heavy atom. The third-order valence-electron chi connectivity index (χ3n) is 9.46. The highest BCUT2D eigenvalue weighted by Crippen LogP contribution is 2.22. The van der Waals surface area contributed by atoms with Crippen LogP contribution in [0.5, 0.6) is 0 Å². The molecule has 3 N–H and O–H groups in total. The number of fused-ring (bicyclic) bond motifs is 3. The van der Waals surface area contributed by atoms with Crippen LogP contribution in [0.3, 0.4) is 0 Å². The van der Waals surface area contributed by atoms with Gasteiger partial charge in [-0.1, -0.05) is 35.3 Å². The second-order valence-corrected chi connectivity index (χ2v) is 14.8. The number of amides is 1. The van der Waals surface area contributed by atoms with Crippen molar-refractivity contribution in [3.05, 3.63) is 176 Å². The molecule has 3 aromatic carbocycles. The Morgan fingerprint density at radius 3 is 1.87 bits per heavy atom. The van der Waals surface area contributed by atoms with E-state index in [1.807, 2.05) is 69.3 Å². The maximum Gasteiger partial charge on any atom is 0.337 e. The third-order valence-corrected chi connectivity index (χ3v) is 9.87. The molecule has 1 amide bonds. The van der Waals surface area contributed by atoms with Gasteiger partial charge in [0.05, 0.1) is 51.9 Å². The SMILES string of the molecule is COC(=O)c1ccc2ncc(Cl)cc2c1.COC(=O)c1ccc2ncccc2c1.Cc1cc(C(=O)NCc2c(C)cc(N)nc2C)cc(Cc2ccc3ncc(Cl)cc3c2)n1. The van der Waals surface area contributed by atoms with Gasteiger partial charge in [-0.25, -0.2) is 14.6 Å². The van der Waals surface area contributed by atoms with E-state index in [0.29, 0.717) is 45.5 Å². The molecule has 0 aliphatic carbocycles. The number of halogens is 2.